The summed E-state index contributed by atoms with van der Waals surface area (Å²) < 4.78 is 8.98. The molecule has 0 aliphatic carbocycles. The van der Waals surface area contributed by atoms with Crippen molar-refractivity contribution >= 4 is 23.4 Å². The number of nitrogens with two attached hydrogens (primary N) is 2. The molecule has 0 aliphatic rings. The molecule has 0 bridgehead atoms. The van der Waals surface area contributed by atoms with Crippen LogP contribution in [-0.4, -0.2) is 10.3 Å². The van der Waals surface area contributed by atoms with E-state index in [2.05, 4.69) is 19.4 Å². The molecule has 15 heavy (non-hydrogen) atoms. The Labute approximate surface area is 91.1 Å². The maximum Gasteiger partial charge on any atom is 0.241 e. The van der Waals surface area contributed by atoms with Gasteiger partial charge in [-0.3, -0.25) is 0 Å². The lowest BCUT2D eigenvalue weighted by Crippen LogP contribution is -1.78. The molecule has 4 N–H and O–H groups in total. The van der Waals surface area contributed by atoms with E-state index in [9.17, 15) is 0 Å². The highest BCUT2D eigenvalue weighted by molar-refractivity contribution is 6.33. The predicted molar refractivity (Wildman–Crippen MR) is 56.3 cm³/mol. The largest absolute Gasteiger partial charge is 0.368 e. The van der Waals surface area contributed by atoms with Crippen LogP contribution in [0.25, 0.3) is 0 Å². The zero-order valence-corrected chi connectivity index (χ0v) is 9.08. The molecule has 0 atom stereocenters. The summed E-state index contributed by atoms with van der Waals surface area (Å²) in [5.41, 5.74) is 11.8. The smallest absolute Gasteiger partial charge is 0.241 e. The third kappa shape index (κ3) is 3.17. The van der Waals surface area contributed by atoms with E-state index in [1.54, 1.807) is 13.0 Å². The molecular weight excluding hydrogens is 220 g/mol. The highest BCUT2D eigenvalue weighted by atomic mass is 35.5. The zero-order chi connectivity index (χ0) is 11.4. The Morgan fingerprint density at radius 1 is 1.20 bits per heavy atom. The molecule has 0 saturated heterocycles. The number of nitrogen functional groups attached to an aromatic ring is 2. The Hall–Kier alpha value is -1.69. The van der Waals surface area contributed by atoms with Crippen molar-refractivity contribution in [1.29, 1.82) is 0 Å². The van der Waals surface area contributed by atoms with Crippen LogP contribution in [0.3, 0.4) is 0 Å². The first-order valence-corrected chi connectivity index (χ1v) is 4.44. The molecule has 2 aromatic heterocycles. The summed E-state index contributed by atoms with van der Waals surface area (Å²) in [5, 5.41) is 7.41. The first-order valence-electron chi connectivity index (χ1n) is 4.06. The number of hydrogen-bond donors (Lipinski definition) is 2. The van der Waals surface area contributed by atoms with Crippen LogP contribution >= 0.6 is 11.6 Å². The van der Waals surface area contributed by atoms with Gasteiger partial charge in [0.1, 0.15) is 10.7 Å². The molecule has 6 nitrogen and oxygen atoms in total. The average molecular weight is 231 g/mol. The zero-order valence-electron chi connectivity index (χ0n) is 8.32. The van der Waals surface area contributed by atoms with Gasteiger partial charge in [0.15, 0.2) is 0 Å². The van der Waals surface area contributed by atoms with Gasteiger partial charge in [0.2, 0.25) is 11.8 Å². The first-order chi connectivity index (χ1) is 7.00. The molecular formula is C8H11ClN4O2. The van der Waals surface area contributed by atoms with Gasteiger partial charge < -0.3 is 20.5 Å². The van der Waals surface area contributed by atoms with Gasteiger partial charge in [-0.25, -0.2) is 0 Å². The summed E-state index contributed by atoms with van der Waals surface area (Å²) in [6.45, 7) is 3.54. The summed E-state index contributed by atoms with van der Waals surface area (Å²) in [5.74, 6) is 0.557. The van der Waals surface area contributed by atoms with E-state index in [4.69, 9.17) is 23.1 Å². The second kappa shape index (κ2) is 4.70. The van der Waals surface area contributed by atoms with Gasteiger partial charge in [-0.05, 0) is 13.8 Å². The van der Waals surface area contributed by atoms with Gasteiger partial charge in [0, 0.05) is 6.07 Å². The van der Waals surface area contributed by atoms with Crippen molar-refractivity contribution in [2.45, 2.75) is 13.8 Å². The number of nitrogens with zero attached hydrogens (tertiary/aromatic N) is 2. The lowest BCUT2D eigenvalue weighted by Gasteiger charge is -1.77. The number of aromatic nitrogens is 2. The lowest BCUT2D eigenvalue weighted by atomic mass is 10.5. The molecule has 2 rings (SSSR count). The van der Waals surface area contributed by atoms with Gasteiger partial charge in [0.25, 0.3) is 0 Å². The van der Waals surface area contributed by atoms with Gasteiger partial charge in [-0.1, -0.05) is 21.9 Å². The van der Waals surface area contributed by atoms with Crippen LogP contribution in [0.15, 0.2) is 15.1 Å². The molecule has 82 valence electrons. The highest BCUT2D eigenvalue weighted by Gasteiger charge is 2.03. The molecule has 0 amide bonds. The maximum atomic E-state index is 5.51. The van der Waals surface area contributed by atoms with Crippen molar-refractivity contribution in [1.82, 2.24) is 10.3 Å². The summed E-state index contributed by atoms with van der Waals surface area (Å²) in [6, 6.07) is 1.67. The monoisotopic (exact) mass is 230 g/mol. The number of aryl methyl sites for hydroxylation is 2. The molecule has 0 unspecified atom stereocenters. The van der Waals surface area contributed by atoms with E-state index in [1.807, 2.05) is 6.92 Å². The van der Waals surface area contributed by atoms with E-state index in [0.29, 0.717) is 16.6 Å². The molecule has 0 fully saturated rings. The summed E-state index contributed by atoms with van der Waals surface area (Å²) in [6.07, 6.45) is 0. The van der Waals surface area contributed by atoms with Gasteiger partial charge in [0.05, 0.1) is 5.69 Å². The number of hydrogen-bond acceptors (Lipinski definition) is 6. The fraction of sp³-hybridized carbons (Fsp3) is 0.250. The summed E-state index contributed by atoms with van der Waals surface area (Å²) in [7, 11) is 0. The molecule has 0 spiro atoms. The normalized spacial score (nSPS) is 9.53. The fourth-order valence-corrected chi connectivity index (χ4v) is 0.828. The van der Waals surface area contributed by atoms with Crippen LogP contribution in [0.5, 0.6) is 0 Å². The van der Waals surface area contributed by atoms with Crippen LogP contribution in [0.1, 0.15) is 11.4 Å². The third-order valence-electron chi connectivity index (χ3n) is 1.46. The SMILES string of the molecule is Cc1cc(N)on1.Cc1noc(N)c1Cl. The van der Waals surface area contributed by atoms with Crippen LogP contribution in [-0.2, 0) is 0 Å². The first kappa shape index (κ1) is 11.4. The van der Waals surface area contributed by atoms with Crippen molar-refractivity contribution in [3.63, 3.8) is 0 Å². The Balaban J connectivity index is 0.000000151. The minimum atomic E-state index is 0.184. The van der Waals surface area contributed by atoms with Crippen molar-refractivity contribution in [2.75, 3.05) is 11.5 Å². The van der Waals surface area contributed by atoms with Gasteiger partial charge >= 0.3 is 0 Å². The molecule has 0 aliphatic heterocycles. The van der Waals surface area contributed by atoms with Crippen LogP contribution in [0, 0.1) is 13.8 Å². The molecule has 0 saturated carbocycles. The number of halogens is 1. The Morgan fingerprint density at radius 2 is 1.87 bits per heavy atom. The average Bonchev–Trinajstić information content (AvgIpc) is 2.68. The van der Waals surface area contributed by atoms with Crippen molar-refractivity contribution < 1.29 is 9.05 Å². The summed E-state index contributed by atoms with van der Waals surface area (Å²) >= 11 is 5.51. The predicted octanol–water partition coefficient (Wildman–Crippen LogP) is 1.78. The standard InChI is InChI=1S/C4H5ClN2O.C4H6N2O/c1-2-3(5)4(6)8-7-2;1-3-2-4(5)7-6-3/h6H2,1H3;2H,5H2,1H3. The minimum absolute atomic E-state index is 0.184. The fourth-order valence-electron chi connectivity index (χ4n) is 0.759. The Kier molecular flexibility index (Phi) is 3.56. The number of rotatable bonds is 0. The highest BCUT2D eigenvalue weighted by Crippen LogP contribution is 2.20. The van der Waals surface area contributed by atoms with Crippen molar-refractivity contribution in [3.8, 4) is 0 Å². The molecule has 7 heteroatoms. The van der Waals surface area contributed by atoms with E-state index in [1.165, 1.54) is 0 Å². The quantitative estimate of drug-likeness (QED) is 0.715. The van der Waals surface area contributed by atoms with E-state index in [0.717, 1.165) is 5.69 Å². The Bertz CT molecular complexity index is 402. The lowest BCUT2D eigenvalue weighted by molar-refractivity contribution is 0.431. The van der Waals surface area contributed by atoms with Crippen LogP contribution in [0.4, 0.5) is 11.8 Å². The molecule has 0 radical (unpaired) electrons. The van der Waals surface area contributed by atoms with Crippen LogP contribution in [0.2, 0.25) is 5.02 Å². The van der Waals surface area contributed by atoms with E-state index >= 15 is 0 Å². The molecule has 2 heterocycles. The van der Waals surface area contributed by atoms with Crippen LogP contribution < -0.4 is 11.5 Å². The minimum Gasteiger partial charge on any atom is -0.368 e. The molecule has 0 aromatic carbocycles. The van der Waals surface area contributed by atoms with Gasteiger partial charge in [-0.2, -0.15) is 0 Å². The Morgan fingerprint density at radius 3 is 2.00 bits per heavy atom. The second-order valence-electron chi connectivity index (χ2n) is 2.82. The second-order valence-corrected chi connectivity index (χ2v) is 3.19. The van der Waals surface area contributed by atoms with Crippen molar-refractivity contribution in [2.24, 2.45) is 0 Å². The van der Waals surface area contributed by atoms with E-state index in [-0.39, 0.29) is 5.88 Å². The van der Waals surface area contributed by atoms with Crippen molar-refractivity contribution in [3.05, 3.63) is 22.5 Å². The topological polar surface area (TPSA) is 104 Å². The third-order valence-corrected chi connectivity index (χ3v) is 1.92. The summed E-state index contributed by atoms with van der Waals surface area (Å²) in [4.78, 5) is 0. The molecule has 2 aromatic rings. The number of anilines is 2. The maximum absolute atomic E-state index is 5.51. The van der Waals surface area contributed by atoms with Gasteiger partial charge in [-0.15, -0.1) is 0 Å². The van der Waals surface area contributed by atoms with E-state index < -0.39 is 0 Å².